The summed E-state index contributed by atoms with van der Waals surface area (Å²) in [5, 5.41) is 3.53. The summed E-state index contributed by atoms with van der Waals surface area (Å²) in [4.78, 5) is 8.71. The lowest BCUT2D eigenvalue weighted by molar-refractivity contribution is 0.748. The average Bonchev–Trinajstić information content (AvgIpc) is 2.75. The number of nitrogens with zero attached hydrogens (tertiary/aromatic N) is 2. The molecule has 0 spiro atoms. The number of aromatic nitrogens is 2. The summed E-state index contributed by atoms with van der Waals surface area (Å²) in [5.41, 5.74) is 1.08. The third-order valence-corrected chi connectivity index (χ3v) is 2.98. The quantitative estimate of drug-likeness (QED) is 0.845. The van der Waals surface area contributed by atoms with Crippen LogP contribution < -0.4 is 5.32 Å². The van der Waals surface area contributed by atoms with Crippen molar-refractivity contribution in [2.24, 2.45) is 0 Å². The van der Waals surface area contributed by atoms with Crippen molar-refractivity contribution in [3.05, 3.63) is 23.7 Å². The summed E-state index contributed by atoms with van der Waals surface area (Å²) in [7, 11) is 0. The first kappa shape index (κ1) is 11.1. The minimum Gasteiger partial charge on any atom is -0.367 e. The maximum Gasteiger partial charge on any atom is 0.137 e. The molecule has 1 N–H and O–H groups in total. The Labute approximate surface area is 97.0 Å². The molecule has 0 amide bonds. The van der Waals surface area contributed by atoms with E-state index in [0.717, 1.165) is 17.2 Å². The zero-order chi connectivity index (χ0) is 11.4. The largest absolute Gasteiger partial charge is 0.367 e. The molecule has 0 saturated heterocycles. The van der Waals surface area contributed by atoms with Crippen LogP contribution in [-0.2, 0) is 0 Å². The summed E-state index contributed by atoms with van der Waals surface area (Å²) in [6.07, 6.45) is 11.2. The molecule has 1 fully saturated rings. The van der Waals surface area contributed by atoms with Gasteiger partial charge in [0.2, 0.25) is 0 Å². The molecule has 0 unspecified atom stereocenters. The van der Waals surface area contributed by atoms with Crippen molar-refractivity contribution in [3.63, 3.8) is 0 Å². The van der Waals surface area contributed by atoms with Gasteiger partial charge in [-0.15, -0.1) is 0 Å². The Hall–Kier alpha value is -1.38. The Morgan fingerprint density at radius 1 is 1.38 bits per heavy atom. The number of hydrogen-bond donors (Lipinski definition) is 1. The monoisotopic (exact) mass is 217 g/mol. The highest BCUT2D eigenvalue weighted by atomic mass is 15.0. The fourth-order valence-corrected chi connectivity index (χ4v) is 2.16. The van der Waals surface area contributed by atoms with E-state index < -0.39 is 0 Å². The van der Waals surface area contributed by atoms with Crippen LogP contribution in [-0.4, -0.2) is 16.0 Å². The van der Waals surface area contributed by atoms with Crippen molar-refractivity contribution in [1.82, 2.24) is 9.97 Å². The Kier molecular flexibility index (Phi) is 3.54. The van der Waals surface area contributed by atoms with Crippen LogP contribution in [0.5, 0.6) is 0 Å². The van der Waals surface area contributed by atoms with Crippen molar-refractivity contribution in [1.29, 1.82) is 0 Å². The van der Waals surface area contributed by atoms with Gasteiger partial charge in [0.1, 0.15) is 11.6 Å². The number of allylic oxidation sites excluding steroid dienone is 1. The van der Waals surface area contributed by atoms with Crippen LogP contribution in [0.3, 0.4) is 0 Å². The van der Waals surface area contributed by atoms with E-state index >= 15 is 0 Å². The molecule has 0 aliphatic heterocycles. The number of aryl methyl sites for hydroxylation is 1. The predicted octanol–water partition coefficient (Wildman–Crippen LogP) is 3.17. The van der Waals surface area contributed by atoms with Crippen LogP contribution in [0.15, 0.2) is 12.3 Å². The maximum absolute atomic E-state index is 4.48. The highest BCUT2D eigenvalue weighted by molar-refractivity contribution is 5.62. The van der Waals surface area contributed by atoms with Gasteiger partial charge in [-0.05, 0) is 26.7 Å². The predicted molar refractivity (Wildman–Crippen MR) is 67.4 cm³/mol. The van der Waals surface area contributed by atoms with E-state index in [9.17, 15) is 0 Å². The normalized spacial score (nSPS) is 17.1. The van der Waals surface area contributed by atoms with Gasteiger partial charge < -0.3 is 5.32 Å². The number of rotatable bonds is 3. The Balaban J connectivity index is 2.19. The lowest BCUT2D eigenvalue weighted by Crippen LogP contribution is -2.17. The Bertz CT molecular complexity index is 379. The van der Waals surface area contributed by atoms with Gasteiger partial charge in [0.15, 0.2) is 0 Å². The van der Waals surface area contributed by atoms with Gasteiger partial charge in [0, 0.05) is 17.8 Å². The van der Waals surface area contributed by atoms with Gasteiger partial charge in [0.25, 0.3) is 0 Å². The van der Waals surface area contributed by atoms with Crippen molar-refractivity contribution in [3.8, 4) is 0 Å². The highest BCUT2D eigenvalue weighted by Crippen LogP contribution is 2.23. The molecule has 0 bridgehead atoms. The molecule has 1 aromatic rings. The first-order valence-electron chi connectivity index (χ1n) is 6.02. The third kappa shape index (κ3) is 2.60. The number of anilines is 1. The molecule has 1 aliphatic rings. The van der Waals surface area contributed by atoms with Crippen LogP contribution in [0.4, 0.5) is 5.82 Å². The fourth-order valence-electron chi connectivity index (χ4n) is 2.16. The molecule has 1 aliphatic carbocycles. The molecule has 86 valence electrons. The standard InChI is InChI=1S/C13H19N3/c1-3-6-11-9-14-10(2)15-13(11)16-12-7-4-5-8-12/h3,6,9,12H,4-5,7-8H2,1-2H3,(H,14,15,16)/b6-3+. The van der Waals surface area contributed by atoms with Crippen LogP contribution in [0.2, 0.25) is 0 Å². The van der Waals surface area contributed by atoms with Crippen LogP contribution in [0.1, 0.15) is 44.0 Å². The second-order valence-electron chi connectivity index (χ2n) is 4.35. The van der Waals surface area contributed by atoms with Crippen LogP contribution in [0, 0.1) is 6.92 Å². The van der Waals surface area contributed by atoms with Gasteiger partial charge in [-0.3, -0.25) is 0 Å². The topological polar surface area (TPSA) is 37.8 Å². The number of nitrogens with one attached hydrogen (secondary N) is 1. The van der Waals surface area contributed by atoms with Crippen LogP contribution >= 0.6 is 0 Å². The zero-order valence-electron chi connectivity index (χ0n) is 10.0. The molecule has 0 aromatic carbocycles. The lowest BCUT2D eigenvalue weighted by atomic mass is 10.2. The third-order valence-electron chi connectivity index (χ3n) is 2.98. The van der Waals surface area contributed by atoms with Gasteiger partial charge in [-0.2, -0.15) is 0 Å². The van der Waals surface area contributed by atoms with E-state index in [2.05, 4.69) is 21.4 Å². The summed E-state index contributed by atoms with van der Waals surface area (Å²) in [6.45, 7) is 3.94. The van der Waals surface area contributed by atoms with E-state index in [-0.39, 0.29) is 0 Å². The van der Waals surface area contributed by atoms with Crippen molar-refractivity contribution in [2.45, 2.75) is 45.6 Å². The summed E-state index contributed by atoms with van der Waals surface area (Å²) >= 11 is 0. The molecule has 0 radical (unpaired) electrons. The van der Waals surface area contributed by atoms with E-state index in [0.29, 0.717) is 6.04 Å². The molecule has 1 aromatic heterocycles. The zero-order valence-corrected chi connectivity index (χ0v) is 10.0. The van der Waals surface area contributed by atoms with E-state index in [1.165, 1.54) is 25.7 Å². The summed E-state index contributed by atoms with van der Waals surface area (Å²) < 4.78 is 0. The summed E-state index contributed by atoms with van der Waals surface area (Å²) in [5.74, 6) is 1.81. The Morgan fingerprint density at radius 2 is 2.12 bits per heavy atom. The molecule has 2 rings (SSSR count). The molecule has 3 heteroatoms. The van der Waals surface area contributed by atoms with E-state index in [1.54, 1.807) is 0 Å². The highest BCUT2D eigenvalue weighted by Gasteiger charge is 2.16. The molecule has 1 heterocycles. The lowest BCUT2D eigenvalue weighted by Gasteiger charge is -2.14. The van der Waals surface area contributed by atoms with Gasteiger partial charge in [-0.25, -0.2) is 9.97 Å². The minimum atomic E-state index is 0.596. The fraction of sp³-hybridized carbons (Fsp3) is 0.538. The maximum atomic E-state index is 4.48. The molecule has 0 atom stereocenters. The second kappa shape index (κ2) is 5.10. The molecular formula is C13H19N3. The summed E-state index contributed by atoms with van der Waals surface area (Å²) in [6, 6.07) is 0.596. The first-order chi connectivity index (χ1) is 7.79. The van der Waals surface area contributed by atoms with E-state index in [1.807, 2.05) is 26.1 Å². The van der Waals surface area contributed by atoms with Crippen molar-refractivity contribution < 1.29 is 0 Å². The van der Waals surface area contributed by atoms with Crippen molar-refractivity contribution in [2.75, 3.05) is 5.32 Å². The van der Waals surface area contributed by atoms with Crippen molar-refractivity contribution >= 4 is 11.9 Å². The van der Waals surface area contributed by atoms with Gasteiger partial charge >= 0.3 is 0 Å². The van der Waals surface area contributed by atoms with E-state index in [4.69, 9.17) is 0 Å². The molecule has 16 heavy (non-hydrogen) atoms. The number of hydrogen-bond acceptors (Lipinski definition) is 3. The van der Waals surface area contributed by atoms with Gasteiger partial charge in [-0.1, -0.05) is 25.0 Å². The molecular weight excluding hydrogens is 198 g/mol. The minimum absolute atomic E-state index is 0.596. The smallest absolute Gasteiger partial charge is 0.137 e. The first-order valence-corrected chi connectivity index (χ1v) is 6.02. The average molecular weight is 217 g/mol. The second-order valence-corrected chi connectivity index (χ2v) is 4.35. The molecule has 1 saturated carbocycles. The SMILES string of the molecule is C/C=C/c1cnc(C)nc1NC1CCCC1. The molecule has 3 nitrogen and oxygen atoms in total. The van der Waals surface area contributed by atoms with Gasteiger partial charge in [0.05, 0.1) is 0 Å². The Morgan fingerprint density at radius 3 is 2.81 bits per heavy atom. The van der Waals surface area contributed by atoms with Crippen LogP contribution in [0.25, 0.3) is 6.08 Å².